The van der Waals surface area contributed by atoms with E-state index >= 15 is 0 Å². The van der Waals surface area contributed by atoms with Gasteiger partial charge >= 0.3 is 5.97 Å². The van der Waals surface area contributed by atoms with E-state index in [1.54, 1.807) is 4.68 Å². The van der Waals surface area contributed by atoms with Crippen LogP contribution in [-0.2, 0) is 6.54 Å². The van der Waals surface area contributed by atoms with Crippen molar-refractivity contribution in [3.63, 3.8) is 0 Å². The van der Waals surface area contributed by atoms with Crippen LogP contribution in [0.4, 0.5) is 0 Å². The van der Waals surface area contributed by atoms with E-state index in [0.717, 1.165) is 32.7 Å². The zero-order valence-electron chi connectivity index (χ0n) is 8.96. The number of aromatic carboxylic acids is 1. The minimum atomic E-state index is -1.03. The third kappa shape index (κ3) is 2.77. The van der Waals surface area contributed by atoms with E-state index in [9.17, 15) is 4.79 Å². The lowest BCUT2D eigenvalue weighted by Crippen LogP contribution is -2.44. The van der Waals surface area contributed by atoms with Gasteiger partial charge in [-0.3, -0.25) is 9.58 Å². The van der Waals surface area contributed by atoms with Crippen LogP contribution in [0, 0.1) is 0 Å². The molecule has 0 radical (unpaired) electrons. The Kier molecular flexibility index (Phi) is 3.47. The topological polar surface area (TPSA) is 83.3 Å². The molecule has 0 aromatic carbocycles. The second-order valence-corrected chi connectivity index (χ2v) is 3.76. The molecule has 0 spiro atoms. The van der Waals surface area contributed by atoms with E-state index in [-0.39, 0.29) is 5.69 Å². The van der Waals surface area contributed by atoms with E-state index in [0.29, 0.717) is 6.54 Å². The van der Waals surface area contributed by atoms with Crippen LogP contribution in [0.5, 0.6) is 0 Å². The third-order valence-electron chi connectivity index (χ3n) is 2.61. The number of rotatable bonds is 4. The Hall–Kier alpha value is -1.47. The average Bonchev–Trinajstić information content (AvgIpc) is 2.76. The highest BCUT2D eigenvalue weighted by Gasteiger charge is 2.11. The lowest BCUT2D eigenvalue weighted by Gasteiger charge is -2.26. The van der Waals surface area contributed by atoms with E-state index < -0.39 is 5.97 Å². The zero-order chi connectivity index (χ0) is 11.4. The Labute approximate surface area is 93.0 Å². The van der Waals surface area contributed by atoms with Crippen LogP contribution in [0.1, 0.15) is 10.5 Å². The van der Waals surface area contributed by atoms with Gasteiger partial charge in [0.15, 0.2) is 5.69 Å². The minimum absolute atomic E-state index is 0.000288. The van der Waals surface area contributed by atoms with Crippen molar-refractivity contribution in [3.8, 4) is 0 Å². The summed E-state index contributed by atoms with van der Waals surface area (Å²) in [6.07, 6.45) is 1.46. The number of piperazine rings is 1. The van der Waals surface area contributed by atoms with Gasteiger partial charge < -0.3 is 10.4 Å². The normalized spacial score (nSPS) is 17.5. The summed E-state index contributed by atoms with van der Waals surface area (Å²) in [6.45, 7) is 5.64. The maximum absolute atomic E-state index is 10.6. The van der Waals surface area contributed by atoms with E-state index in [1.165, 1.54) is 6.20 Å². The summed E-state index contributed by atoms with van der Waals surface area (Å²) in [5, 5.41) is 19.3. The molecule has 88 valence electrons. The molecule has 7 heteroatoms. The largest absolute Gasteiger partial charge is 0.476 e. The van der Waals surface area contributed by atoms with Crippen molar-refractivity contribution >= 4 is 5.97 Å². The minimum Gasteiger partial charge on any atom is -0.476 e. The van der Waals surface area contributed by atoms with E-state index in [1.807, 2.05) is 0 Å². The summed E-state index contributed by atoms with van der Waals surface area (Å²) in [5.41, 5.74) is 0.000288. The number of carboxylic acid groups (broad SMARTS) is 1. The van der Waals surface area contributed by atoms with E-state index in [4.69, 9.17) is 5.11 Å². The van der Waals surface area contributed by atoms with Gasteiger partial charge in [-0.2, -0.15) is 0 Å². The van der Waals surface area contributed by atoms with Crippen molar-refractivity contribution < 1.29 is 9.90 Å². The highest BCUT2D eigenvalue weighted by Crippen LogP contribution is 1.96. The number of carbonyl (C=O) groups is 1. The molecule has 1 aromatic rings. The van der Waals surface area contributed by atoms with Gasteiger partial charge in [0.25, 0.3) is 0 Å². The Bertz CT molecular complexity index is 359. The van der Waals surface area contributed by atoms with Crippen molar-refractivity contribution in [2.24, 2.45) is 0 Å². The molecule has 1 aliphatic rings. The summed E-state index contributed by atoms with van der Waals surface area (Å²) in [5.74, 6) is -1.03. The van der Waals surface area contributed by atoms with Crippen LogP contribution in [0.2, 0.25) is 0 Å². The fourth-order valence-corrected chi connectivity index (χ4v) is 1.68. The molecular formula is C9H15N5O2. The summed E-state index contributed by atoms with van der Waals surface area (Å²) < 4.78 is 1.57. The fourth-order valence-electron chi connectivity index (χ4n) is 1.68. The van der Waals surface area contributed by atoms with Gasteiger partial charge in [-0.25, -0.2) is 4.79 Å². The lowest BCUT2D eigenvalue weighted by atomic mass is 10.3. The summed E-state index contributed by atoms with van der Waals surface area (Å²) >= 11 is 0. The molecule has 2 N–H and O–H groups in total. The first-order valence-corrected chi connectivity index (χ1v) is 5.32. The second-order valence-electron chi connectivity index (χ2n) is 3.76. The van der Waals surface area contributed by atoms with Gasteiger partial charge in [0.05, 0.1) is 12.7 Å². The molecule has 7 nitrogen and oxygen atoms in total. The number of nitrogens with zero attached hydrogens (tertiary/aromatic N) is 4. The molecular weight excluding hydrogens is 210 g/mol. The Morgan fingerprint density at radius 1 is 1.44 bits per heavy atom. The highest BCUT2D eigenvalue weighted by atomic mass is 16.4. The molecule has 2 heterocycles. The molecule has 0 unspecified atom stereocenters. The Morgan fingerprint density at radius 2 is 2.19 bits per heavy atom. The molecule has 1 aromatic heterocycles. The van der Waals surface area contributed by atoms with Crippen LogP contribution in [0.3, 0.4) is 0 Å². The van der Waals surface area contributed by atoms with Crippen molar-refractivity contribution in [1.29, 1.82) is 0 Å². The van der Waals surface area contributed by atoms with Crippen molar-refractivity contribution in [2.75, 3.05) is 32.7 Å². The number of nitrogens with one attached hydrogen (secondary N) is 1. The predicted molar refractivity (Wildman–Crippen MR) is 56.3 cm³/mol. The molecule has 0 atom stereocenters. The Morgan fingerprint density at radius 3 is 2.81 bits per heavy atom. The standard InChI is InChI=1S/C9H15N5O2/c15-9(16)8-7-14(12-11-8)6-5-13-3-1-10-2-4-13/h7,10H,1-6H2,(H,15,16). The first-order valence-electron chi connectivity index (χ1n) is 5.32. The van der Waals surface area contributed by atoms with Crippen LogP contribution in [-0.4, -0.2) is 63.7 Å². The average molecular weight is 225 g/mol. The number of hydrogen-bond donors (Lipinski definition) is 2. The summed E-state index contributed by atoms with van der Waals surface area (Å²) in [7, 11) is 0. The van der Waals surface area contributed by atoms with Crippen LogP contribution < -0.4 is 5.32 Å². The number of carboxylic acids is 1. The Balaban J connectivity index is 1.81. The fraction of sp³-hybridized carbons (Fsp3) is 0.667. The van der Waals surface area contributed by atoms with Gasteiger partial charge in [-0.05, 0) is 0 Å². The van der Waals surface area contributed by atoms with Crippen LogP contribution in [0.25, 0.3) is 0 Å². The lowest BCUT2D eigenvalue weighted by molar-refractivity contribution is 0.0690. The summed E-state index contributed by atoms with van der Waals surface area (Å²) in [4.78, 5) is 12.9. The molecule has 1 aliphatic heterocycles. The molecule has 1 fully saturated rings. The monoisotopic (exact) mass is 225 g/mol. The first kappa shape index (κ1) is 11.0. The van der Waals surface area contributed by atoms with Crippen LogP contribution >= 0.6 is 0 Å². The third-order valence-corrected chi connectivity index (χ3v) is 2.61. The van der Waals surface area contributed by atoms with Gasteiger partial charge in [0.2, 0.25) is 0 Å². The molecule has 2 rings (SSSR count). The van der Waals surface area contributed by atoms with Crippen molar-refractivity contribution in [1.82, 2.24) is 25.2 Å². The van der Waals surface area contributed by atoms with Crippen LogP contribution in [0.15, 0.2) is 6.20 Å². The van der Waals surface area contributed by atoms with E-state index in [2.05, 4.69) is 20.5 Å². The maximum Gasteiger partial charge on any atom is 0.358 e. The van der Waals surface area contributed by atoms with Gasteiger partial charge in [0, 0.05) is 32.7 Å². The molecule has 0 saturated carbocycles. The van der Waals surface area contributed by atoms with Gasteiger partial charge in [-0.1, -0.05) is 5.21 Å². The number of hydrogen-bond acceptors (Lipinski definition) is 5. The maximum atomic E-state index is 10.6. The molecule has 1 saturated heterocycles. The first-order chi connectivity index (χ1) is 7.75. The SMILES string of the molecule is O=C(O)c1cn(CCN2CCNCC2)nn1. The molecule has 0 amide bonds. The second kappa shape index (κ2) is 5.04. The predicted octanol–water partition coefficient (Wildman–Crippen LogP) is -1.12. The molecule has 16 heavy (non-hydrogen) atoms. The number of aromatic nitrogens is 3. The van der Waals surface area contributed by atoms with Crippen molar-refractivity contribution in [3.05, 3.63) is 11.9 Å². The zero-order valence-corrected chi connectivity index (χ0v) is 8.96. The quantitative estimate of drug-likeness (QED) is 0.675. The molecule has 0 bridgehead atoms. The summed E-state index contributed by atoms with van der Waals surface area (Å²) in [6, 6.07) is 0. The smallest absolute Gasteiger partial charge is 0.358 e. The highest BCUT2D eigenvalue weighted by molar-refractivity contribution is 5.84. The molecule has 0 aliphatic carbocycles. The van der Waals surface area contributed by atoms with Gasteiger partial charge in [0.1, 0.15) is 0 Å². The van der Waals surface area contributed by atoms with Gasteiger partial charge in [-0.15, -0.1) is 5.10 Å². The van der Waals surface area contributed by atoms with Crippen molar-refractivity contribution in [2.45, 2.75) is 6.54 Å².